The number of hydrogen-bond acceptors (Lipinski definition) is 4. The quantitative estimate of drug-likeness (QED) is 0.639. The van der Waals surface area contributed by atoms with Crippen LogP contribution < -0.4 is 0 Å². The zero-order valence-electron chi connectivity index (χ0n) is 13.8. The molecular formula is C17H28O4. The van der Waals surface area contributed by atoms with E-state index in [0.29, 0.717) is 0 Å². The minimum atomic E-state index is -0.444. The number of epoxide rings is 2. The molecule has 0 aromatic rings. The van der Waals surface area contributed by atoms with Crippen molar-refractivity contribution in [3.63, 3.8) is 0 Å². The van der Waals surface area contributed by atoms with E-state index in [9.17, 15) is 5.11 Å². The third-order valence-electron chi connectivity index (χ3n) is 5.61. The van der Waals surface area contributed by atoms with Crippen LogP contribution in [0.4, 0.5) is 0 Å². The first-order valence-electron chi connectivity index (χ1n) is 8.00. The van der Waals surface area contributed by atoms with Crippen LogP contribution in [0.5, 0.6) is 0 Å². The van der Waals surface area contributed by atoms with Crippen LogP contribution in [0.3, 0.4) is 0 Å². The van der Waals surface area contributed by atoms with Crippen molar-refractivity contribution in [1.82, 2.24) is 0 Å². The summed E-state index contributed by atoms with van der Waals surface area (Å²) in [5.41, 5.74) is 0.920. The van der Waals surface area contributed by atoms with Gasteiger partial charge in [-0.25, -0.2) is 0 Å². The van der Waals surface area contributed by atoms with Gasteiger partial charge in [-0.05, 0) is 39.5 Å². The number of aliphatic hydroxyl groups is 1. The Bertz CT molecular complexity index is 438. The first-order valence-corrected chi connectivity index (χ1v) is 8.00. The highest BCUT2D eigenvalue weighted by Gasteiger charge is 2.72. The van der Waals surface area contributed by atoms with Crippen molar-refractivity contribution in [2.45, 2.75) is 70.1 Å². The normalized spacial score (nSPS) is 51.8. The third-order valence-corrected chi connectivity index (χ3v) is 5.61. The number of hydrogen-bond donors (Lipinski definition) is 1. The smallest absolute Gasteiger partial charge is 0.101 e. The van der Waals surface area contributed by atoms with E-state index in [1.165, 1.54) is 5.57 Å². The summed E-state index contributed by atoms with van der Waals surface area (Å²) in [6.07, 6.45) is 3.59. The molecule has 0 aromatic heterocycles. The van der Waals surface area contributed by atoms with Gasteiger partial charge in [0.1, 0.15) is 11.2 Å². The number of ether oxygens (including phenoxy) is 3. The van der Waals surface area contributed by atoms with Gasteiger partial charge in [0.05, 0.1) is 30.8 Å². The lowest BCUT2D eigenvalue weighted by molar-refractivity contribution is -0.137. The second kappa shape index (κ2) is 5.05. The van der Waals surface area contributed by atoms with Gasteiger partial charge in [-0.2, -0.15) is 0 Å². The standard InChI is InChI=1S/C17H28O4/c1-10(2)6-7-12-16(4,21-12)15-14(19-5)13(18)11(3)8-17(15)9-20-17/h6,11-15,18H,7-9H2,1-5H3/t11-,12?,13-,14-,15-,16?,17+/m1/s1. The molecule has 1 aliphatic carbocycles. The van der Waals surface area contributed by atoms with Crippen molar-refractivity contribution in [3.05, 3.63) is 11.6 Å². The van der Waals surface area contributed by atoms with Gasteiger partial charge in [0.25, 0.3) is 0 Å². The molecule has 4 heteroatoms. The Labute approximate surface area is 127 Å². The summed E-state index contributed by atoms with van der Waals surface area (Å²) in [6, 6.07) is 0. The fourth-order valence-corrected chi connectivity index (χ4v) is 4.30. The Morgan fingerprint density at radius 3 is 2.62 bits per heavy atom. The second-order valence-electron chi connectivity index (χ2n) is 7.51. The van der Waals surface area contributed by atoms with E-state index in [2.05, 4.69) is 33.8 Å². The van der Waals surface area contributed by atoms with Crippen LogP contribution in [0.2, 0.25) is 0 Å². The monoisotopic (exact) mass is 296 g/mol. The minimum absolute atomic E-state index is 0.108. The van der Waals surface area contributed by atoms with Gasteiger partial charge in [-0.15, -0.1) is 0 Å². The lowest BCUT2D eigenvalue weighted by atomic mass is 9.65. The Morgan fingerprint density at radius 1 is 1.43 bits per heavy atom. The molecule has 0 bridgehead atoms. The molecular weight excluding hydrogens is 268 g/mol. The first-order chi connectivity index (χ1) is 9.84. The molecule has 120 valence electrons. The number of rotatable bonds is 4. The molecule has 2 heterocycles. The van der Waals surface area contributed by atoms with Gasteiger partial charge in [-0.3, -0.25) is 0 Å². The maximum Gasteiger partial charge on any atom is 0.101 e. The third kappa shape index (κ3) is 2.46. The summed E-state index contributed by atoms with van der Waals surface area (Å²) in [7, 11) is 1.69. The van der Waals surface area contributed by atoms with Crippen molar-refractivity contribution >= 4 is 0 Å². The van der Waals surface area contributed by atoms with Gasteiger partial charge >= 0.3 is 0 Å². The topological polar surface area (TPSA) is 54.5 Å². The summed E-state index contributed by atoms with van der Waals surface area (Å²) >= 11 is 0. The molecule has 2 saturated heterocycles. The molecule has 0 radical (unpaired) electrons. The minimum Gasteiger partial charge on any atom is -0.390 e. The van der Waals surface area contributed by atoms with Crippen LogP contribution in [0.15, 0.2) is 11.6 Å². The van der Waals surface area contributed by atoms with Gasteiger partial charge in [0.15, 0.2) is 0 Å². The molecule has 3 rings (SSSR count). The van der Waals surface area contributed by atoms with E-state index in [4.69, 9.17) is 14.2 Å². The van der Waals surface area contributed by atoms with Crippen LogP contribution in [0.1, 0.15) is 40.5 Å². The highest BCUT2D eigenvalue weighted by Crippen LogP contribution is 2.60. The van der Waals surface area contributed by atoms with Crippen molar-refractivity contribution in [3.8, 4) is 0 Å². The number of methoxy groups -OCH3 is 1. The Balaban J connectivity index is 1.81. The molecule has 2 unspecified atom stereocenters. The maximum atomic E-state index is 10.5. The SMILES string of the molecule is CO[C@@H]1[C@H](O)[C@H](C)C[C@]2(CO2)[C@H]1C1(C)OC1CC=C(C)C. The van der Waals surface area contributed by atoms with Crippen LogP contribution in [0.25, 0.3) is 0 Å². The Kier molecular flexibility index (Phi) is 3.72. The van der Waals surface area contributed by atoms with Crippen molar-refractivity contribution in [2.24, 2.45) is 11.8 Å². The molecule has 0 aromatic carbocycles. The summed E-state index contributed by atoms with van der Waals surface area (Å²) in [5.74, 6) is 0.309. The van der Waals surface area contributed by atoms with E-state index in [1.807, 2.05) is 0 Å². The summed E-state index contributed by atoms with van der Waals surface area (Å²) in [4.78, 5) is 0. The fourth-order valence-electron chi connectivity index (χ4n) is 4.30. The number of aliphatic hydroxyl groups excluding tert-OH is 1. The Hall–Kier alpha value is -0.420. The molecule has 0 amide bonds. The van der Waals surface area contributed by atoms with Gasteiger partial charge in [-0.1, -0.05) is 18.6 Å². The maximum absolute atomic E-state index is 10.5. The summed E-state index contributed by atoms with van der Waals surface area (Å²) < 4.78 is 17.6. The molecule has 7 atom stereocenters. The highest BCUT2D eigenvalue weighted by molar-refractivity contribution is 5.21. The van der Waals surface area contributed by atoms with Gasteiger partial charge < -0.3 is 19.3 Å². The molecule has 1 spiro atoms. The average Bonchev–Trinajstić information content (AvgIpc) is 3.31. The van der Waals surface area contributed by atoms with Crippen molar-refractivity contribution < 1.29 is 19.3 Å². The van der Waals surface area contributed by atoms with Crippen LogP contribution >= 0.6 is 0 Å². The van der Waals surface area contributed by atoms with Crippen LogP contribution in [0, 0.1) is 11.8 Å². The zero-order chi connectivity index (χ0) is 15.4. The lowest BCUT2D eigenvalue weighted by Gasteiger charge is -2.44. The molecule has 4 nitrogen and oxygen atoms in total. The van der Waals surface area contributed by atoms with Gasteiger partial charge in [0.2, 0.25) is 0 Å². The van der Waals surface area contributed by atoms with Gasteiger partial charge in [0, 0.05) is 7.11 Å². The molecule has 3 aliphatic rings. The first kappa shape index (κ1) is 15.5. The van der Waals surface area contributed by atoms with Crippen LogP contribution in [-0.4, -0.2) is 48.3 Å². The molecule has 21 heavy (non-hydrogen) atoms. The fraction of sp³-hybridized carbons (Fsp3) is 0.882. The predicted octanol–water partition coefficient (Wildman–Crippen LogP) is 2.30. The van der Waals surface area contributed by atoms with E-state index in [1.54, 1.807) is 7.11 Å². The van der Waals surface area contributed by atoms with E-state index < -0.39 is 6.10 Å². The van der Waals surface area contributed by atoms with Crippen LogP contribution in [-0.2, 0) is 14.2 Å². The molecule has 2 aliphatic heterocycles. The zero-order valence-corrected chi connectivity index (χ0v) is 13.8. The molecule has 1 saturated carbocycles. The molecule has 3 fully saturated rings. The lowest BCUT2D eigenvalue weighted by Crippen LogP contribution is -2.57. The van der Waals surface area contributed by atoms with E-state index in [-0.39, 0.29) is 35.2 Å². The van der Waals surface area contributed by atoms with Crippen molar-refractivity contribution in [2.75, 3.05) is 13.7 Å². The largest absolute Gasteiger partial charge is 0.390 e. The van der Waals surface area contributed by atoms with E-state index >= 15 is 0 Å². The number of allylic oxidation sites excluding steroid dienone is 1. The average molecular weight is 296 g/mol. The molecule has 1 N–H and O–H groups in total. The summed E-state index contributed by atoms with van der Waals surface area (Å²) in [5, 5.41) is 10.5. The van der Waals surface area contributed by atoms with Crippen molar-refractivity contribution in [1.29, 1.82) is 0 Å². The Morgan fingerprint density at radius 2 is 2.10 bits per heavy atom. The van der Waals surface area contributed by atoms with E-state index in [0.717, 1.165) is 19.4 Å². The predicted molar refractivity (Wildman–Crippen MR) is 80.1 cm³/mol. The second-order valence-corrected chi connectivity index (χ2v) is 7.51. The summed E-state index contributed by atoms with van der Waals surface area (Å²) in [6.45, 7) is 9.21. The highest BCUT2D eigenvalue weighted by atomic mass is 16.6.